The van der Waals surface area contributed by atoms with Gasteiger partial charge < -0.3 is 4.90 Å². The highest BCUT2D eigenvalue weighted by Gasteiger charge is 2.18. The molecule has 1 aliphatic heterocycles. The summed E-state index contributed by atoms with van der Waals surface area (Å²) in [6.07, 6.45) is 7.59. The van der Waals surface area contributed by atoms with Crippen molar-refractivity contribution in [3.8, 4) is 0 Å². The molecule has 1 saturated heterocycles. The number of anilines is 1. The largest absolute Gasteiger partial charge is 0.343 e. The van der Waals surface area contributed by atoms with Crippen molar-refractivity contribution in [2.24, 2.45) is 0 Å². The summed E-state index contributed by atoms with van der Waals surface area (Å²) in [5.74, 6) is 0.898. The molecule has 1 fully saturated rings. The average Bonchev–Trinajstić information content (AvgIpc) is 2.47. The molecule has 0 aromatic carbocycles. The molecule has 1 N–H and O–H groups in total. The van der Waals surface area contributed by atoms with E-state index in [9.17, 15) is 0 Å². The van der Waals surface area contributed by atoms with Gasteiger partial charge >= 0.3 is 0 Å². The summed E-state index contributed by atoms with van der Waals surface area (Å²) in [6.45, 7) is 1.08. The first-order chi connectivity index (χ1) is 8.84. The van der Waals surface area contributed by atoms with Gasteiger partial charge in [0.05, 0.1) is 12.4 Å². The Morgan fingerprint density at radius 2 is 2.28 bits per heavy atom. The third kappa shape index (κ3) is 2.13. The van der Waals surface area contributed by atoms with Crippen LogP contribution in [0.4, 0.5) is 5.82 Å². The van der Waals surface area contributed by atoms with Crippen molar-refractivity contribution in [3.63, 3.8) is 0 Å². The van der Waals surface area contributed by atoms with Crippen LogP contribution in [0, 0.1) is 0 Å². The van der Waals surface area contributed by atoms with Crippen molar-refractivity contribution >= 4 is 17.0 Å². The number of nitrogens with one attached hydrogen (secondary N) is 1. The molecule has 0 radical (unpaired) electrons. The van der Waals surface area contributed by atoms with Crippen LogP contribution in [0.2, 0.25) is 0 Å². The first kappa shape index (κ1) is 11.3. The van der Waals surface area contributed by atoms with Crippen LogP contribution < -0.4 is 10.2 Å². The maximum Gasteiger partial charge on any atom is 0.178 e. The third-order valence-corrected chi connectivity index (χ3v) is 3.42. The van der Waals surface area contributed by atoms with Gasteiger partial charge in [-0.3, -0.25) is 5.32 Å². The molecule has 0 bridgehead atoms. The molecule has 94 valence electrons. The number of piperidine rings is 1. The Balaban J connectivity index is 1.88. The summed E-state index contributed by atoms with van der Waals surface area (Å²) in [4.78, 5) is 15.3. The van der Waals surface area contributed by atoms with Crippen molar-refractivity contribution in [1.29, 1.82) is 0 Å². The van der Waals surface area contributed by atoms with Crippen LogP contribution in [0.3, 0.4) is 0 Å². The number of hydrogen-bond donors (Lipinski definition) is 1. The fourth-order valence-electron chi connectivity index (χ4n) is 2.34. The molecule has 3 heterocycles. The highest BCUT2D eigenvalue weighted by atomic mass is 15.3. The molecule has 5 heteroatoms. The first-order valence-corrected chi connectivity index (χ1v) is 6.38. The summed E-state index contributed by atoms with van der Waals surface area (Å²) in [5, 5.41) is 3.51. The molecule has 2 aromatic heterocycles. The van der Waals surface area contributed by atoms with E-state index in [4.69, 9.17) is 0 Å². The molecule has 1 unspecified atom stereocenters. The Bertz CT molecular complexity index is 536. The smallest absolute Gasteiger partial charge is 0.178 e. The summed E-state index contributed by atoms with van der Waals surface area (Å²) >= 11 is 0. The fourth-order valence-corrected chi connectivity index (χ4v) is 2.34. The molecular formula is C13H17N5. The number of rotatable bonds is 2. The monoisotopic (exact) mass is 243 g/mol. The Morgan fingerprint density at radius 3 is 3.11 bits per heavy atom. The lowest BCUT2D eigenvalue weighted by Crippen LogP contribution is -2.46. The summed E-state index contributed by atoms with van der Waals surface area (Å²) < 4.78 is 0. The minimum Gasteiger partial charge on any atom is -0.343 e. The third-order valence-electron chi connectivity index (χ3n) is 3.42. The van der Waals surface area contributed by atoms with Crippen LogP contribution in [0.15, 0.2) is 24.5 Å². The zero-order valence-corrected chi connectivity index (χ0v) is 10.5. The SMILES string of the molecule is CN(c1cnc2ncccc2n1)C1CCCCN1. The van der Waals surface area contributed by atoms with Gasteiger partial charge in [-0.05, 0) is 37.9 Å². The number of fused-ring (bicyclic) bond motifs is 1. The summed E-state index contributed by atoms with van der Waals surface area (Å²) in [6, 6.07) is 3.83. The standard InChI is InChI=1S/C13H17N5/c1-18(11-6-2-3-7-14-11)12-9-16-13-10(17-12)5-4-8-15-13/h4-5,8-9,11,14H,2-3,6-7H2,1H3. The normalized spacial score (nSPS) is 19.9. The highest BCUT2D eigenvalue weighted by molar-refractivity contribution is 5.70. The van der Waals surface area contributed by atoms with Gasteiger partial charge in [0.1, 0.15) is 11.3 Å². The molecule has 2 aromatic rings. The number of nitrogens with zero attached hydrogens (tertiary/aromatic N) is 4. The van der Waals surface area contributed by atoms with Gasteiger partial charge in [-0.1, -0.05) is 0 Å². The Labute approximate surface area is 106 Å². The van der Waals surface area contributed by atoms with Gasteiger partial charge in [-0.15, -0.1) is 0 Å². The maximum atomic E-state index is 4.61. The van der Waals surface area contributed by atoms with Crippen LogP contribution in [-0.4, -0.2) is 34.7 Å². The van der Waals surface area contributed by atoms with Crippen molar-refractivity contribution in [1.82, 2.24) is 20.3 Å². The molecule has 0 spiro atoms. The van der Waals surface area contributed by atoms with Crippen molar-refractivity contribution < 1.29 is 0 Å². The second-order valence-corrected chi connectivity index (χ2v) is 4.65. The van der Waals surface area contributed by atoms with Crippen LogP contribution in [0.1, 0.15) is 19.3 Å². The minimum absolute atomic E-state index is 0.363. The van der Waals surface area contributed by atoms with E-state index >= 15 is 0 Å². The minimum atomic E-state index is 0.363. The van der Waals surface area contributed by atoms with Crippen LogP contribution in [0.25, 0.3) is 11.2 Å². The first-order valence-electron chi connectivity index (χ1n) is 6.38. The number of aromatic nitrogens is 3. The second kappa shape index (κ2) is 4.86. The molecular weight excluding hydrogens is 226 g/mol. The average molecular weight is 243 g/mol. The molecule has 0 saturated carbocycles. The zero-order valence-electron chi connectivity index (χ0n) is 10.5. The van der Waals surface area contributed by atoms with Crippen molar-refractivity contribution in [3.05, 3.63) is 24.5 Å². The topological polar surface area (TPSA) is 53.9 Å². The van der Waals surface area contributed by atoms with Crippen molar-refractivity contribution in [2.45, 2.75) is 25.4 Å². The molecule has 5 nitrogen and oxygen atoms in total. The van der Waals surface area contributed by atoms with Crippen molar-refractivity contribution in [2.75, 3.05) is 18.5 Å². The molecule has 0 aliphatic carbocycles. The maximum absolute atomic E-state index is 4.61. The van der Waals surface area contributed by atoms with E-state index < -0.39 is 0 Å². The van der Waals surface area contributed by atoms with Gasteiger partial charge in [-0.25, -0.2) is 15.0 Å². The van der Waals surface area contributed by atoms with Gasteiger partial charge in [0.15, 0.2) is 5.65 Å². The molecule has 1 aliphatic rings. The fraction of sp³-hybridized carbons (Fsp3) is 0.462. The van der Waals surface area contributed by atoms with E-state index in [0.29, 0.717) is 11.8 Å². The van der Waals surface area contributed by atoms with E-state index in [1.807, 2.05) is 12.1 Å². The van der Waals surface area contributed by atoms with Crippen LogP contribution in [-0.2, 0) is 0 Å². The van der Waals surface area contributed by atoms with Crippen LogP contribution in [0.5, 0.6) is 0 Å². The summed E-state index contributed by atoms with van der Waals surface area (Å²) in [5.41, 5.74) is 1.55. The lowest BCUT2D eigenvalue weighted by atomic mass is 10.1. The molecule has 0 amide bonds. The van der Waals surface area contributed by atoms with E-state index in [-0.39, 0.29) is 0 Å². The van der Waals surface area contributed by atoms with Gasteiger partial charge in [-0.2, -0.15) is 0 Å². The quantitative estimate of drug-likeness (QED) is 0.867. The predicted octanol–water partition coefficient (Wildman–Crippen LogP) is 1.56. The highest BCUT2D eigenvalue weighted by Crippen LogP contribution is 2.18. The van der Waals surface area contributed by atoms with Gasteiger partial charge in [0.2, 0.25) is 0 Å². The van der Waals surface area contributed by atoms with E-state index in [0.717, 1.165) is 24.3 Å². The summed E-state index contributed by atoms with van der Waals surface area (Å²) in [7, 11) is 2.06. The second-order valence-electron chi connectivity index (χ2n) is 4.65. The Hall–Kier alpha value is -1.75. The lowest BCUT2D eigenvalue weighted by molar-refractivity contribution is 0.395. The molecule has 18 heavy (non-hydrogen) atoms. The number of pyridine rings is 1. The van der Waals surface area contributed by atoms with Crippen LogP contribution >= 0.6 is 0 Å². The number of hydrogen-bond acceptors (Lipinski definition) is 5. The zero-order chi connectivity index (χ0) is 12.4. The van der Waals surface area contributed by atoms with E-state index in [2.05, 4.69) is 32.2 Å². The molecule has 3 rings (SSSR count). The van der Waals surface area contributed by atoms with E-state index in [1.54, 1.807) is 12.4 Å². The Morgan fingerprint density at radius 1 is 1.33 bits per heavy atom. The van der Waals surface area contributed by atoms with Gasteiger partial charge in [0.25, 0.3) is 0 Å². The predicted molar refractivity (Wildman–Crippen MR) is 71.4 cm³/mol. The van der Waals surface area contributed by atoms with E-state index in [1.165, 1.54) is 12.8 Å². The lowest BCUT2D eigenvalue weighted by Gasteiger charge is -2.32. The Kier molecular flexibility index (Phi) is 3.06. The van der Waals surface area contributed by atoms with Gasteiger partial charge in [0, 0.05) is 13.2 Å². The molecule has 1 atom stereocenters.